The maximum atomic E-state index is 12.8. The first-order valence-electron chi connectivity index (χ1n) is 9.13. The van der Waals surface area contributed by atoms with Gasteiger partial charge in [0, 0.05) is 48.1 Å². The second-order valence-electron chi connectivity index (χ2n) is 6.54. The van der Waals surface area contributed by atoms with Gasteiger partial charge in [-0.25, -0.2) is 4.98 Å². The molecule has 1 aliphatic heterocycles. The first-order chi connectivity index (χ1) is 14.5. The highest BCUT2D eigenvalue weighted by atomic mass is 32.1. The minimum atomic E-state index is -2.95. The number of aromatic nitrogens is 1. The number of carbonyl (C=O) groups is 2. The highest BCUT2D eigenvalue weighted by Gasteiger charge is 2.27. The van der Waals surface area contributed by atoms with E-state index in [1.165, 1.54) is 29.5 Å². The molecule has 0 spiro atoms. The Kier molecular flexibility index (Phi) is 6.05. The van der Waals surface area contributed by atoms with E-state index < -0.39 is 6.61 Å². The molecule has 0 aliphatic carbocycles. The summed E-state index contributed by atoms with van der Waals surface area (Å²) in [5.74, 6) is -0.503. The zero-order chi connectivity index (χ0) is 21.1. The van der Waals surface area contributed by atoms with Crippen molar-refractivity contribution in [3.8, 4) is 16.3 Å². The number of halogens is 2. The van der Waals surface area contributed by atoms with Crippen LogP contribution in [0.4, 0.5) is 8.78 Å². The Labute approximate surface area is 179 Å². The molecule has 30 heavy (non-hydrogen) atoms. The summed E-state index contributed by atoms with van der Waals surface area (Å²) in [7, 11) is 0. The summed E-state index contributed by atoms with van der Waals surface area (Å²) < 4.78 is 29.1. The highest BCUT2D eigenvalue weighted by Crippen LogP contribution is 2.26. The van der Waals surface area contributed by atoms with Crippen molar-refractivity contribution in [3.63, 3.8) is 0 Å². The van der Waals surface area contributed by atoms with Crippen LogP contribution >= 0.6 is 22.7 Å². The standard InChI is InChI=1S/C20H17F2N3O3S2/c21-20(22)28-15-3-1-2-13(10-15)18(26)24-5-7-25(8-6-24)19(27)16-12-30-17(23-16)14-4-9-29-11-14/h1-4,9-12,20H,5-8H2. The molecular formula is C20H17F2N3O3S2. The number of thiophene rings is 1. The number of hydrogen-bond donors (Lipinski definition) is 0. The summed E-state index contributed by atoms with van der Waals surface area (Å²) in [6.07, 6.45) is 0. The van der Waals surface area contributed by atoms with Crippen molar-refractivity contribution in [2.24, 2.45) is 0 Å². The molecule has 0 N–H and O–H groups in total. The summed E-state index contributed by atoms with van der Waals surface area (Å²) in [4.78, 5) is 33.2. The van der Waals surface area contributed by atoms with Crippen molar-refractivity contribution in [2.45, 2.75) is 6.61 Å². The lowest BCUT2D eigenvalue weighted by atomic mass is 10.1. The normalized spacial score (nSPS) is 14.2. The molecule has 1 aliphatic rings. The van der Waals surface area contributed by atoms with Gasteiger partial charge in [0.1, 0.15) is 16.5 Å². The van der Waals surface area contributed by atoms with Crippen LogP contribution in [0.3, 0.4) is 0 Å². The van der Waals surface area contributed by atoms with E-state index in [-0.39, 0.29) is 23.1 Å². The van der Waals surface area contributed by atoms with Crippen molar-refractivity contribution < 1.29 is 23.1 Å². The SMILES string of the molecule is O=C(c1cccc(OC(F)F)c1)N1CCN(C(=O)c2csc(-c3ccsc3)n2)CC1. The van der Waals surface area contributed by atoms with Gasteiger partial charge in [0.2, 0.25) is 0 Å². The molecule has 0 unspecified atom stereocenters. The van der Waals surface area contributed by atoms with Gasteiger partial charge in [-0.3, -0.25) is 9.59 Å². The Morgan fingerprint density at radius 2 is 1.77 bits per heavy atom. The van der Waals surface area contributed by atoms with Crippen molar-refractivity contribution in [3.05, 3.63) is 57.7 Å². The number of nitrogens with zero attached hydrogens (tertiary/aromatic N) is 3. The van der Waals surface area contributed by atoms with Gasteiger partial charge in [0.05, 0.1) is 0 Å². The van der Waals surface area contributed by atoms with Gasteiger partial charge in [0.15, 0.2) is 0 Å². The fraction of sp³-hybridized carbons (Fsp3) is 0.250. The van der Waals surface area contributed by atoms with E-state index in [0.717, 1.165) is 10.6 Å². The van der Waals surface area contributed by atoms with E-state index in [1.807, 2.05) is 16.8 Å². The minimum Gasteiger partial charge on any atom is -0.435 e. The van der Waals surface area contributed by atoms with Crippen LogP contribution in [0.5, 0.6) is 5.75 Å². The molecular weight excluding hydrogens is 432 g/mol. The number of piperazine rings is 1. The van der Waals surface area contributed by atoms with Crippen LogP contribution in [0, 0.1) is 0 Å². The third-order valence-corrected chi connectivity index (χ3v) is 6.23. The van der Waals surface area contributed by atoms with Crippen molar-refractivity contribution >= 4 is 34.5 Å². The molecule has 1 aromatic carbocycles. The predicted octanol–water partition coefficient (Wildman–Crippen LogP) is 4.07. The number of ether oxygens (including phenoxy) is 1. The van der Waals surface area contributed by atoms with Crippen LogP contribution < -0.4 is 4.74 Å². The largest absolute Gasteiger partial charge is 0.435 e. The minimum absolute atomic E-state index is 0.0605. The van der Waals surface area contributed by atoms with Crippen molar-refractivity contribution in [1.82, 2.24) is 14.8 Å². The van der Waals surface area contributed by atoms with Crippen molar-refractivity contribution in [1.29, 1.82) is 0 Å². The van der Waals surface area contributed by atoms with E-state index >= 15 is 0 Å². The average Bonchev–Trinajstić information content (AvgIpc) is 3.44. The first-order valence-corrected chi connectivity index (χ1v) is 10.9. The van der Waals surface area contributed by atoms with Gasteiger partial charge in [-0.1, -0.05) is 6.07 Å². The van der Waals surface area contributed by atoms with Crippen LogP contribution in [0.2, 0.25) is 0 Å². The lowest BCUT2D eigenvalue weighted by Gasteiger charge is -2.34. The monoisotopic (exact) mass is 449 g/mol. The van der Waals surface area contributed by atoms with Gasteiger partial charge in [-0.2, -0.15) is 20.1 Å². The summed E-state index contributed by atoms with van der Waals surface area (Å²) in [5.41, 5.74) is 1.67. The molecule has 0 saturated carbocycles. The fourth-order valence-electron chi connectivity index (χ4n) is 3.15. The fourth-order valence-corrected chi connectivity index (χ4v) is 4.66. The van der Waals surface area contributed by atoms with Gasteiger partial charge in [-0.15, -0.1) is 11.3 Å². The van der Waals surface area contributed by atoms with Crippen LogP contribution in [0.15, 0.2) is 46.5 Å². The summed E-state index contributed by atoms with van der Waals surface area (Å²) in [6, 6.07) is 7.69. The average molecular weight is 450 g/mol. The summed E-state index contributed by atoms with van der Waals surface area (Å²) in [6.45, 7) is -1.49. The van der Waals surface area contributed by atoms with Crippen LogP contribution in [0.1, 0.15) is 20.8 Å². The van der Waals surface area contributed by atoms with E-state index in [1.54, 1.807) is 32.6 Å². The van der Waals surface area contributed by atoms with Crippen LogP contribution in [-0.4, -0.2) is 59.4 Å². The highest BCUT2D eigenvalue weighted by molar-refractivity contribution is 7.14. The van der Waals surface area contributed by atoms with E-state index in [9.17, 15) is 18.4 Å². The quantitative estimate of drug-likeness (QED) is 0.589. The Balaban J connectivity index is 1.37. The molecule has 6 nitrogen and oxygen atoms in total. The predicted molar refractivity (Wildman–Crippen MR) is 110 cm³/mol. The smallest absolute Gasteiger partial charge is 0.387 e. The number of rotatable bonds is 5. The molecule has 2 aromatic heterocycles. The van der Waals surface area contributed by atoms with Gasteiger partial charge < -0.3 is 14.5 Å². The van der Waals surface area contributed by atoms with Gasteiger partial charge in [-0.05, 0) is 29.6 Å². The molecule has 10 heteroatoms. The Morgan fingerprint density at radius 1 is 1.03 bits per heavy atom. The number of thiazole rings is 1. The second kappa shape index (κ2) is 8.88. The molecule has 0 radical (unpaired) electrons. The molecule has 156 valence electrons. The second-order valence-corrected chi connectivity index (χ2v) is 8.18. The number of amides is 2. The zero-order valence-corrected chi connectivity index (χ0v) is 17.3. The van der Waals surface area contributed by atoms with Gasteiger partial charge in [0.25, 0.3) is 11.8 Å². The third-order valence-electron chi connectivity index (χ3n) is 4.65. The van der Waals surface area contributed by atoms with Gasteiger partial charge >= 0.3 is 6.61 Å². The molecule has 0 atom stereocenters. The maximum absolute atomic E-state index is 12.8. The lowest BCUT2D eigenvalue weighted by Crippen LogP contribution is -2.50. The number of benzene rings is 1. The number of carbonyl (C=O) groups excluding carboxylic acids is 2. The number of hydrogen-bond acceptors (Lipinski definition) is 6. The third kappa shape index (κ3) is 4.49. The molecule has 2 amide bonds. The van der Waals surface area contributed by atoms with Crippen LogP contribution in [-0.2, 0) is 0 Å². The molecule has 1 fully saturated rings. The summed E-state index contributed by atoms with van der Waals surface area (Å²) >= 11 is 3.00. The van der Waals surface area contributed by atoms with Crippen molar-refractivity contribution in [2.75, 3.05) is 26.2 Å². The zero-order valence-electron chi connectivity index (χ0n) is 15.7. The first kappa shape index (κ1) is 20.4. The molecule has 0 bridgehead atoms. The molecule has 3 heterocycles. The molecule has 3 aromatic rings. The molecule has 4 rings (SSSR count). The summed E-state index contributed by atoms with van der Waals surface area (Å²) in [5, 5.41) is 6.50. The Morgan fingerprint density at radius 3 is 2.43 bits per heavy atom. The van der Waals surface area contributed by atoms with E-state index in [0.29, 0.717) is 31.9 Å². The lowest BCUT2D eigenvalue weighted by molar-refractivity contribution is -0.0499. The molecule has 1 saturated heterocycles. The van der Waals surface area contributed by atoms with E-state index in [2.05, 4.69) is 9.72 Å². The Hall–Kier alpha value is -2.85. The number of alkyl halides is 2. The topological polar surface area (TPSA) is 62.7 Å². The Bertz CT molecular complexity index is 1030. The van der Waals surface area contributed by atoms with Crippen LogP contribution in [0.25, 0.3) is 10.6 Å². The van der Waals surface area contributed by atoms with E-state index in [4.69, 9.17) is 0 Å². The maximum Gasteiger partial charge on any atom is 0.387 e.